The standard InChI is InChI=1S/C30H29F2N7O5/c1-37-17-25(35-29(41)24-14-34-39-9-3-8-33-28(24)39)27(36-37)23-13-21(6-7-26(23)44-30(31)32)43-20-5-2-4-19(12-20)15-38-10-11-42-22(16-38)18-40/h2-9,12-14,17,22,30,40H,10-11,15-16,18H2,1H3,(H,35,41). The molecule has 14 heteroatoms. The number of nitrogens with zero attached hydrogens (tertiary/aromatic N) is 6. The van der Waals surface area contributed by atoms with E-state index >= 15 is 0 Å². The van der Waals surface area contributed by atoms with E-state index in [1.807, 2.05) is 18.2 Å². The Bertz CT molecular complexity index is 1780. The Kier molecular flexibility index (Phi) is 8.45. The summed E-state index contributed by atoms with van der Waals surface area (Å²) in [7, 11) is 1.65. The molecule has 5 aromatic rings. The van der Waals surface area contributed by atoms with E-state index in [0.29, 0.717) is 36.8 Å². The fraction of sp³-hybridized carbons (Fsp3) is 0.267. The molecule has 44 heavy (non-hydrogen) atoms. The van der Waals surface area contributed by atoms with Gasteiger partial charge >= 0.3 is 6.61 Å². The number of fused-ring (bicyclic) bond motifs is 1. The van der Waals surface area contributed by atoms with Gasteiger partial charge in [0.25, 0.3) is 5.91 Å². The Morgan fingerprint density at radius 3 is 2.91 bits per heavy atom. The van der Waals surface area contributed by atoms with E-state index < -0.39 is 12.5 Å². The molecule has 0 bridgehead atoms. The predicted octanol–water partition coefficient (Wildman–Crippen LogP) is 3.97. The Morgan fingerprint density at radius 1 is 1.20 bits per heavy atom. The van der Waals surface area contributed by atoms with Crippen LogP contribution in [0.1, 0.15) is 15.9 Å². The normalized spacial score (nSPS) is 15.5. The summed E-state index contributed by atoms with van der Waals surface area (Å²) in [6, 6.07) is 13.6. The number of nitrogens with one attached hydrogen (secondary N) is 1. The third-order valence-corrected chi connectivity index (χ3v) is 6.99. The third kappa shape index (κ3) is 6.51. The number of aromatic nitrogens is 5. The summed E-state index contributed by atoms with van der Waals surface area (Å²) in [5.74, 6) is 0.246. The summed E-state index contributed by atoms with van der Waals surface area (Å²) in [5, 5.41) is 20.8. The summed E-state index contributed by atoms with van der Waals surface area (Å²) in [6.45, 7) is -0.575. The van der Waals surface area contributed by atoms with Crippen LogP contribution in [-0.4, -0.2) is 79.3 Å². The third-order valence-electron chi connectivity index (χ3n) is 6.99. The van der Waals surface area contributed by atoms with Crippen molar-refractivity contribution >= 4 is 17.2 Å². The van der Waals surface area contributed by atoms with Crippen molar-refractivity contribution in [1.29, 1.82) is 0 Å². The van der Waals surface area contributed by atoms with E-state index in [2.05, 4.69) is 25.4 Å². The second kappa shape index (κ2) is 12.8. The van der Waals surface area contributed by atoms with Crippen LogP contribution in [0.3, 0.4) is 0 Å². The van der Waals surface area contributed by atoms with Crippen molar-refractivity contribution in [2.45, 2.75) is 19.3 Å². The molecule has 0 radical (unpaired) electrons. The van der Waals surface area contributed by atoms with Gasteiger partial charge in [0.2, 0.25) is 0 Å². The molecule has 0 saturated carbocycles. The van der Waals surface area contributed by atoms with E-state index in [1.165, 1.54) is 33.6 Å². The number of benzene rings is 2. The molecule has 0 aliphatic carbocycles. The number of hydrogen-bond donors (Lipinski definition) is 2. The number of hydrogen-bond acceptors (Lipinski definition) is 9. The van der Waals surface area contributed by atoms with Crippen LogP contribution >= 0.6 is 0 Å². The summed E-state index contributed by atoms with van der Waals surface area (Å²) in [5.41, 5.74) is 2.23. The topological polar surface area (TPSA) is 128 Å². The number of carbonyl (C=O) groups excluding carboxylic acids is 1. The molecule has 1 saturated heterocycles. The van der Waals surface area contributed by atoms with Crippen molar-refractivity contribution in [3.8, 4) is 28.5 Å². The van der Waals surface area contributed by atoms with Crippen molar-refractivity contribution in [3.63, 3.8) is 0 Å². The average Bonchev–Trinajstić information content (AvgIpc) is 3.61. The summed E-state index contributed by atoms with van der Waals surface area (Å²) >= 11 is 0. The number of amides is 1. The molecule has 6 rings (SSSR count). The first-order chi connectivity index (χ1) is 21.4. The Hall–Kier alpha value is -4.92. The SMILES string of the molecule is Cn1cc(NC(=O)c2cnn3cccnc23)c(-c2cc(Oc3cccc(CN4CCOC(CO)C4)c3)ccc2OC(F)F)n1. The van der Waals surface area contributed by atoms with E-state index in [1.54, 1.807) is 37.8 Å². The summed E-state index contributed by atoms with van der Waals surface area (Å²) < 4.78 is 46.2. The number of alkyl halides is 2. The van der Waals surface area contributed by atoms with Crippen LogP contribution < -0.4 is 14.8 Å². The Balaban J connectivity index is 1.27. The molecule has 1 fully saturated rings. The monoisotopic (exact) mass is 605 g/mol. The second-order valence-corrected chi connectivity index (χ2v) is 10.2. The first-order valence-electron chi connectivity index (χ1n) is 13.8. The lowest BCUT2D eigenvalue weighted by Gasteiger charge is -2.32. The number of rotatable bonds is 10. The van der Waals surface area contributed by atoms with Gasteiger partial charge in [-0.15, -0.1) is 0 Å². The van der Waals surface area contributed by atoms with Crippen molar-refractivity contribution in [1.82, 2.24) is 29.3 Å². The molecule has 2 aromatic carbocycles. The van der Waals surface area contributed by atoms with Gasteiger partial charge in [0.1, 0.15) is 28.5 Å². The molecule has 1 aliphatic rings. The van der Waals surface area contributed by atoms with Crippen LogP contribution in [-0.2, 0) is 18.3 Å². The zero-order chi connectivity index (χ0) is 30.6. The molecular formula is C30H29F2N7O5. The maximum atomic E-state index is 13.4. The average molecular weight is 606 g/mol. The van der Waals surface area contributed by atoms with Crippen LogP contribution in [0.5, 0.6) is 17.2 Å². The Morgan fingerprint density at radius 2 is 2.07 bits per heavy atom. The number of anilines is 1. The van der Waals surface area contributed by atoms with Gasteiger partial charge in [-0.1, -0.05) is 12.1 Å². The van der Waals surface area contributed by atoms with Crippen molar-refractivity contribution in [2.24, 2.45) is 7.05 Å². The van der Waals surface area contributed by atoms with Gasteiger partial charge in [-0.25, -0.2) is 9.50 Å². The highest BCUT2D eigenvalue weighted by Gasteiger charge is 2.23. The minimum absolute atomic E-state index is 0.0349. The van der Waals surface area contributed by atoms with Gasteiger partial charge < -0.3 is 24.6 Å². The predicted molar refractivity (Wildman–Crippen MR) is 155 cm³/mol. The number of aliphatic hydroxyl groups is 1. The fourth-order valence-corrected chi connectivity index (χ4v) is 5.05. The molecule has 12 nitrogen and oxygen atoms in total. The Labute approximate surface area is 250 Å². The summed E-state index contributed by atoms with van der Waals surface area (Å²) in [4.78, 5) is 19.6. The van der Waals surface area contributed by atoms with Gasteiger partial charge in [0.15, 0.2) is 5.65 Å². The van der Waals surface area contributed by atoms with Gasteiger partial charge in [-0.2, -0.15) is 19.0 Å². The molecule has 1 unspecified atom stereocenters. The highest BCUT2D eigenvalue weighted by molar-refractivity contribution is 6.09. The lowest BCUT2D eigenvalue weighted by molar-refractivity contribution is -0.0551. The molecule has 2 N–H and O–H groups in total. The first-order valence-corrected chi connectivity index (χ1v) is 13.8. The molecule has 1 aliphatic heterocycles. The van der Waals surface area contributed by atoms with Crippen molar-refractivity contribution in [2.75, 3.05) is 31.6 Å². The van der Waals surface area contributed by atoms with E-state index in [-0.39, 0.29) is 41.0 Å². The van der Waals surface area contributed by atoms with Gasteiger partial charge in [-0.05, 0) is 42.0 Å². The number of ether oxygens (including phenoxy) is 3. The second-order valence-electron chi connectivity index (χ2n) is 10.2. The maximum Gasteiger partial charge on any atom is 0.387 e. The minimum Gasteiger partial charge on any atom is -0.457 e. The molecular weight excluding hydrogens is 576 g/mol. The van der Waals surface area contributed by atoms with Crippen molar-refractivity contribution in [3.05, 3.63) is 84.4 Å². The number of carbonyl (C=O) groups is 1. The van der Waals surface area contributed by atoms with Crippen LogP contribution in [0.15, 0.2) is 73.3 Å². The van der Waals surface area contributed by atoms with Gasteiger partial charge in [-0.3, -0.25) is 14.4 Å². The minimum atomic E-state index is -3.09. The molecule has 3 aromatic heterocycles. The number of halogens is 2. The zero-order valence-corrected chi connectivity index (χ0v) is 23.6. The van der Waals surface area contributed by atoms with Crippen molar-refractivity contribution < 1.29 is 32.9 Å². The van der Waals surface area contributed by atoms with E-state index in [9.17, 15) is 18.7 Å². The molecule has 4 heterocycles. The fourth-order valence-electron chi connectivity index (χ4n) is 5.05. The van der Waals surface area contributed by atoms with Crippen LogP contribution in [0.2, 0.25) is 0 Å². The van der Waals surface area contributed by atoms with Crippen LogP contribution in [0.4, 0.5) is 14.5 Å². The highest BCUT2D eigenvalue weighted by atomic mass is 19.3. The first kappa shape index (κ1) is 29.2. The molecule has 1 amide bonds. The van der Waals surface area contributed by atoms with Crippen LogP contribution in [0.25, 0.3) is 16.9 Å². The number of aryl methyl sites for hydroxylation is 1. The van der Waals surface area contributed by atoms with E-state index in [4.69, 9.17) is 14.2 Å². The molecule has 228 valence electrons. The quantitative estimate of drug-likeness (QED) is 0.243. The maximum absolute atomic E-state index is 13.4. The van der Waals surface area contributed by atoms with Gasteiger partial charge in [0.05, 0.1) is 36.8 Å². The van der Waals surface area contributed by atoms with E-state index in [0.717, 1.165) is 12.1 Å². The van der Waals surface area contributed by atoms with Gasteiger partial charge in [0, 0.05) is 45.3 Å². The summed E-state index contributed by atoms with van der Waals surface area (Å²) in [6.07, 6.45) is 5.95. The number of morpholine rings is 1. The number of aliphatic hydroxyl groups excluding tert-OH is 1. The smallest absolute Gasteiger partial charge is 0.387 e. The highest BCUT2D eigenvalue weighted by Crippen LogP contribution is 2.39. The lowest BCUT2D eigenvalue weighted by atomic mass is 10.1. The molecule has 1 atom stereocenters. The van der Waals surface area contributed by atoms with Crippen LogP contribution in [0, 0.1) is 0 Å². The molecule has 0 spiro atoms. The largest absolute Gasteiger partial charge is 0.457 e. The lowest BCUT2D eigenvalue weighted by Crippen LogP contribution is -2.43. The zero-order valence-electron chi connectivity index (χ0n) is 23.6.